The molecule has 2 amide bonds. The molecular weight excluding hydrogens is 706 g/mol. The Bertz CT molecular complexity index is 2300. The maximum absolute atomic E-state index is 13.9. The minimum atomic E-state index is -4.57. The number of aromatic nitrogens is 2. The van der Waals surface area contributed by atoms with Crippen LogP contribution in [0.3, 0.4) is 0 Å². The topological polar surface area (TPSA) is 67.2 Å². The van der Waals surface area contributed by atoms with Gasteiger partial charge in [-0.15, -0.1) is 0 Å². The molecule has 1 aromatic heterocycles. The van der Waals surface area contributed by atoms with Gasteiger partial charge in [-0.3, -0.25) is 9.59 Å². The van der Waals surface area contributed by atoms with Crippen molar-refractivity contribution < 1.29 is 35.9 Å². The molecule has 0 saturated carbocycles. The summed E-state index contributed by atoms with van der Waals surface area (Å²) in [5.41, 5.74) is 4.00. The van der Waals surface area contributed by atoms with Crippen LogP contribution in [0.4, 0.5) is 32.0 Å². The van der Waals surface area contributed by atoms with Crippen molar-refractivity contribution in [1.29, 1.82) is 0 Å². The van der Waals surface area contributed by atoms with E-state index in [1.54, 1.807) is 61.9 Å². The summed E-state index contributed by atoms with van der Waals surface area (Å²) in [7, 11) is 1.61. The Labute approximate surface area is 307 Å². The molecule has 0 bridgehead atoms. The largest absolute Gasteiger partial charge is 0.416 e. The molecular formula is C42H34F6N4O2. The molecule has 0 aliphatic heterocycles. The number of anilines is 1. The van der Waals surface area contributed by atoms with Crippen LogP contribution in [-0.2, 0) is 22.9 Å². The zero-order chi connectivity index (χ0) is 38.3. The Kier molecular flexibility index (Phi) is 9.55. The Balaban J connectivity index is 1.11. The van der Waals surface area contributed by atoms with E-state index in [1.165, 1.54) is 17.0 Å². The molecule has 1 heterocycles. The summed E-state index contributed by atoms with van der Waals surface area (Å²) in [6, 6.07) is 31.5. The summed E-state index contributed by atoms with van der Waals surface area (Å²) in [6.07, 6.45) is -6.04. The number of carbonyl (C=O) groups is 2. The molecule has 12 heteroatoms. The van der Waals surface area contributed by atoms with Gasteiger partial charge in [-0.25, -0.2) is 4.98 Å². The molecule has 1 aliphatic rings. The standard InChI is InChI=1S/C42H34F6N4O2/c1-51(38(53)32-14-3-2-11-29(32)27-19-21-28(22-20-27)42(46,47)48)35-17-10-18-36-37(35)50-26-52(36)24-9-8-23-40(39(54)49-25-41(43,44)45)33-15-6-4-12-30(33)31-13-5-7-16-34(31)40/h2-7,10-22,26H,8-9,23-25H2,1H3,(H,49,54). The molecule has 0 fully saturated rings. The van der Waals surface area contributed by atoms with Gasteiger partial charge < -0.3 is 14.8 Å². The zero-order valence-corrected chi connectivity index (χ0v) is 29.0. The van der Waals surface area contributed by atoms with Crippen LogP contribution >= 0.6 is 0 Å². The van der Waals surface area contributed by atoms with Crippen LogP contribution in [0.15, 0.2) is 122 Å². The third kappa shape index (κ3) is 6.72. The number of nitrogens with one attached hydrogen (secondary N) is 1. The number of aryl methyl sites for hydroxylation is 1. The third-order valence-corrected chi connectivity index (χ3v) is 10.1. The highest BCUT2D eigenvalue weighted by Gasteiger charge is 2.49. The highest BCUT2D eigenvalue weighted by atomic mass is 19.4. The van der Waals surface area contributed by atoms with Crippen molar-refractivity contribution in [3.63, 3.8) is 0 Å². The number of halogens is 6. The number of fused-ring (bicyclic) bond motifs is 4. The first-order chi connectivity index (χ1) is 25.8. The predicted molar refractivity (Wildman–Crippen MR) is 195 cm³/mol. The maximum Gasteiger partial charge on any atom is 0.416 e. The van der Waals surface area contributed by atoms with E-state index in [4.69, 9.17) is 0 Å². The molecule has 0 atom stereocenters. The lowest BCUT2D eigenvalue weighted by Crippen LogP contribution is -2.47. The Morgan fingerprint density at radius 2 is 1.35 bits per heavy atom. The summed E-state index contributed by atoms with van der Waals surface area (Å²) in [5, 5.41) is 2.17. The summed E-state index contributed by atoms with van der Waals surface area (Å²) < 4.78 is 81.3. The van der Waals surface area contributed by atoms with E-state index in [0.717, 1.165) is 28.8 Å². The van der Waals surface area contributed by atoms with Gasteiger partial charge in [0.1, 0.15) is 17.5 Å². The SMILES string of the molecule is CN(C(=O)c1ccccc1-c1ccc(C(F)(F)F)cc1)c1cccc2c1ncn2CCCCC1(C(=O)NCC(F)(F)F)c2ccccc2-c2ccccc21. The summed E-state index contributed by atoms with van der Waals surface area (Å²) in [5.74, 6) is -1.07. The van der Waals surface area contributed by atoms with Crippen molar-refractivity contribution in [3.05, 3.63) is 144 Å². The number of hydrogen-bond donors (Lipinski definition) is 1. The Hall–Kier alpha value is -5.91. The molecule has 1 N–H and O–H groups in total. The average Bonchev–Trinajstić information content (AvgIpc) is 3.71. The number of benzene rings is 5. The molecule has 6 aromatic rings. The number of carbonyl (C=O) groups excluding carboxylic acids is 2. The fourth-order valence-corrected chi connectivity index (χ4v) is 7.53. The lowest BCUT2D eigenvalue weighted by Gasteiger charge is -2.31. The second-order valence-electron chi connectivity index (χ2n) is 13.3. The summed E-state index contributed by atoms with van der Waals surface area (Å²) in [4.78, 5) is 33.9. The van der Waals surface area contributed by atoms with E-state index in [9.17, 15) is 35.9 Å². The normalized spacial score (nSPS) is 13.4. The monoisotopic (exact) mass is 740 g/mol. The van der Waals surface area contributed by atoms with Crippen molar-refractivity contribution in [2.24, 2.45) is 0 Å². The number of amides is 2. The Morgan fingerprint density at radius 1 is 0.741 bits per heavy atom. The van der Waals surface area contributed by atoms with Crippen molar-refractivity contribution in [2.75, 3.05) is 18.5 Å². The van der Waals surface area contributed by atoms with Crippen LogP contribution in [0.2, 0.25) is 0 Å². The highest BCUT2D eigenvalue weighted by Crippen LogP contribution is 2.51. The van der Waals surface area contributed by atoms with Gasteiger partial charge in [0.25, 0.3) is 5.91 Å². The zero-order valence-electron chi connectivity index (χ0n) is 29.0. The van der Waals surface area contributed by atoms with E-state index in [0.29, 0.717) is 58.4 Å². The van der Waals surface area contributed by atoms with Crippen LogP contribution in [-0.4, -0.2) is 41.1 Å². The van der Waals surface area contributed by atoms with Crippen molar-refractivity contribution in [2.45, 2.75) is 43.6 Å². The van der Waals surface area contributed by atoms with Crippen LogP contribution in [0.5, 0.6) is 0 Å². The average molecular weight is 741 g/mol. The predicted octanol–water partition coefficient (Wildman–Crippen LogP) is 9.81. The molecule has 0 spiro atoms. The van der Waals surface area contributed by atoms with Crippen molar-refractivity contribution in [1.82, 2.24) is 14.9 Å². The number of para-hydroxylation sites is 1. The van der Waals surface area contributed by atoms with E-state index in [2.05, 4.69) is 10.3 Å². The van der Waals surface area contributed by atoms with E-state index in [1.807, 2.05) is 47.0 Å². The van der Waals surface area contributed by atoms with Crippen LogP contribution in [0, 0.1) is 0 Å². The molecule has 276 valence electrons. The molecule has 0 radical (unpaired) electrons. The summed E-state index contributed by atoms with van der Waals surface area (Å²) in [6.45, 7) is -0.948. The highest BCUT2D eigenvalue weighted by molar-refractivity contribution is 6.12. The number of hydrogen-bond acceptors (Lipinski definition) is 3. The molecule has 0 saturated heterocycles. The smallest absolute Gasteiger partial charge is 0.346 e. The molecule has 6 nitrogen and oxygen atoms in total. The minimum absolute atomic E-state index is 0.276. The van der Waals surface area contributed by atoms with Gasteiger partial charge in [0.15, 0.2) is 0 Å². The lowest BCUT2D eigenvalue weighted by atomic mass is 9.73. The Morgan fingerprint density at radius 3 is 1.98 bits per heavy atom. The number of alkyl halides is 6. The van der Waals surface area contributed by atoms with E-state index >= 15 is 0 Å². The van der Waals surface area contributed by atoms with Gasteiger partial charge in [-0.05, 0) is 83.0 Å². The number of nitrogens with zero attached hydrogens (tertiary/aromatic N) is 3. The number of imidazole rings is 1. The second-order valence-corrected chi connectivity index (χ2v) is 13.3. The van der Waals surface area contributed by atoms with Crippen LogP contribution in [0.25, 0.3) is 33.3 Å². The molecule has 7 rings (SSSR count). The van der Waals surface area contributed by atoms with Crippen molar-refractivity contribution >= 4 is 28.5 Å². The first-order valence-corrected chi connectivity index (χ1v) is 17.3. The first kappa shape index (κ1) is 36.4. The molecule has 54 heavy (non-hydrogen) atoms. The summed E-state index contributed by atoms with van der Waals surface area (Å²) >= 11 is 0. The van der Waals surface area contributed by atoms with Gasteiger partial charge in [-0.1, -0.05) is 84.9 Å². The minimum Gasteiger partial charge on any atom is -0.346 e. The fraction of sp³-hybridized carbons (Fsp3) is 0.214. The second kappa shape index (κ2) is 14.1. The molecule has 0 unspecified atom stereocenters. The molecule has 1 aliphatic carbocycles. The van der Waals surface area contributed by atoms with Crippen LogP contribution in [0.1, 0.15) is 46.3 Å². The quantitative estimate of drug-likeness (QED) is 0.112. The van der Waals surface area contributed by atoms with Gasteiger partial charge in [0, 0.05) is 19.2 Å². The van der Waals surface area contributed by atoms with Gasteiger partial charge in [0.2, 0.25) is 5.91 Å². The lowest BCUT2D eigenvalue weighted by molar-refractivity contribution is -0.141. The number of unbranched alkanes of at least 4 members (excludes halogenated alkanes) is 1. The van der Waals surface area contributed by atoms with E-state index in [-0.39, 0.29) is 12.3 Å². The van der Waals surface area contributed by atoms with Gasteiger partial charge in [0.05, 0.1) is 23.1 Å². The van der Waals surface area contributed by atoms with E-state index < -0.39 is 35.8 Å². The third-order valence-electron chi connectivity index (χ3n) is 10.1. The van der Waals surface area contributed by atoms with Gasteiger partial charge in [-0.2, -0.15) is 26.3 Å². The number of rotatable bonds is 10. The fourth-order valence-electron chi connectivity index (χ4n) is 7.53. The first-order valence-electron chi connectivity index (χ1n) is 17.3. The van der Waals surface area contributed by atoms with Crippen LogP contribution < -0.4 is 10.2 Å². The van der Waals surface area contributed by atoms with Crippen molar-refractivity contribution in [3.8, 4) is 22.3 Å². The molecule has 5 aromatic carbocycles. The maximum atomic E-state index is 13.9. The van der Waals surface area contributed by atoms with Gasteiger partial charge >= 0.3 is 12.4 Å².